The molecule has 4 amide bonds. The molecule has 2 N–H and O–H groups in total. The summed E-state index contributed by atoms with van der Waals surface area (Å²) in [6.45, 7) is 2.95. The Morgan fingerprint density at radius 1 is 1.16 bits per heavy atom. The number of amides is 4. The lowest BCUT2D eigenvalue weighted by molar-refractivity contribution is -0.131. The van der Waals surface area contributed by atoms with Crippen LogP contribution in [0.25, 0.3) is 0 Å². The second-order valence-electron chi connectivity index (χ2n) is 7.48. The summed E-state index contributed by atoms with van der Waals surface area (Å²) < 4.78 is 0. The number of carbonyl (C=O) groups is 3. The van der Waals surface area contributed by atoms with Gasteiger partial charge < -0.3 is 15.5 Å². The molecule has 8 nitrogen and oxygen atoms in total. The maximum atomic E-state index is 13.2. The van der Waals surface area contributed by atoms with Crippen LogP contribution in [0.15, 0.2) is 66.0 Å². The number of aromatic nitrogens is 1. The number of hydrogen-bond acceptors (Lipinski definition) is 4. The number of benzene rings is 1. The third-order valence-corrected chi connectivity index (χ3v) is 5.51. The smallest absolute Gasteiger partial charge is 0.322 e. The molecule has 0 saturated carbocycles. The minimum absolute atomic E-state index is 0.0543. The summed E-state index contributed by atoms with van der Waals surface area (Å²) in [5, 5.41) is 5.79. The van der Waals surface area contributed by atoms with Crippen molar-refractivity contribution in [2.24, 2.45) is 0 Å². The average molecular weight is 419 g/mol. The van der Waals surface area contributed by atoms with E-state index in [0.29, 0.717) is 30.8 Å². The Morgan fingerprint density at radius 2 is 1.94 bits per heavy atom. The summed E-state index contributed by atoms with van der Waals surface area (Å²) in [5.74, 6) is -0.454. The third kappa shape index (κ3) is 4.28. The van der Waals surface area contributed by atoms with Crippen molar-refractivity contribution in [1.29, 1.82) is 0 Å². The Kier molecular flexibility index (Phi) is 5.97. The molecule has 0 aliphatic carbocycles. The lowest BCUT2D eigenvalue weighted by Crippen LogP contribution is -2.47. The summed E-state index contributed by atoms with van der Waals surface area (Å²) in [5.41, 5.74) is 2.94. The molecule has 1 unspecified atom stereocenters. The van der Waals surface area contributed by atoms with Crippen LogP contribution in [-0.4, -0.2) is 58.8 Å². The molecule has 0 spiro atoms. The fourth-order valence-electron chi connectivity index (χ4n) is 4.01. The number of nitrogens with zero attached hydrogens (tertiary/aromatic N) is 3. The van der Waals surface area contributed by atoms with Gasteiger partial charge in [0, 0.05) is 31.4 Å². The van der Waals surface area contributed by atoms with Crippen LogP contribution in [0.4, 0.5) is 4.79 Å². The largest absolute Gasteiger partial charge is 0.354 e. The SMILES string of the molecule is CCN1C(=O)NC(c2ccccc2)C2=C1CN(CC(=O)NCCc1ccccn1)C2=O. The minimum Gasteiger partial charge on any atom is -0.354 e. The van der Waals surface area contributed by atoms with Crippen molar-refractivity contribution in [2.75, 3.05) is 26.2 Å². The predicted octanol–water partition coefficient (Wildman–Crippen LogP) is 1.62. The molecular formula is C23H25N5O3. The Hall–Kier alpha value is -3.68. The molecule has 2 aliphatic rings. The maximum Gasteiger partial charge on any atom is 0.322 e. The highest BCUT2D eigenvalue weighted by molar-refractivity contribution is 6.03. The summed E-state index contributed by atoms with van der Waals surface area (Å²) in [4.78, 5) is 45.6. The lowest BCUT2D eigenvalue weighted by atomic mass is 9.95. The minimum atomic E-state index is -0.517. The van der Waals surface area contributed by atoms with Crippen LogP contribution in [0.5, 0.6) is 0 Å². The molecule has 1 atom stereocenters. The van der Waals surface area contributed by atoms with E-state index < -0.39 is 6.04 Å². The van der Waals surface area contributed by atoms with Gasteiger partial charge in [-0.3, -0.25) is 19.5 Å². The molecule has 0 bridgehead atoms. The highest BCUT2D eigenvalue weighted by Gasteiger charge is 2.43. The van der Waals surface area contributed by atoms with Crippen LogP contribution >= 0.6 is 0 Å². The Balaban J connectivity index is 1.44. The number of rotatable bonds is 7. The fraction of sp³-hybridized carbons (Fsp3) is 0.304. The van der Waals surface area contributed by atoms with Gasteiger partial charge in [-0.15, -0.1) is 0 Å². The quantitative estimate of drug-likeness (QED) is 0.713. The van der Waals surface area contributed by atoms with Crippen molar-refractivity contribution in [1.82, 2.24) is 25.4 Å². The highest BCUT2D eigenvalue weighted by atomic mass is 16.2. The van der Waals surface area contributed by atoms with Gasteiger partial charge in [-0.25, -0.2) is 4.79 Å². The van der Waals surface area contributed by atoms with Gasteiger partial charge in [0.1, 0.15) is 6.54 Å². The predicted molar refractivity (Wildman–Crippen MR) is 115 cm³/mol. The average Bonchev–Trinajstić information content (AvgIpc) is 3.10. The first-order valence-corrected chi connectivity index (χ1v) is 10.4. The molecule has 2 aliphatic heterocycles. The molecule has 0 fully saturated rings. The number of carbonyl (C=O) groups excluding carboxylic acids is 3. The van der Waals surface area contributed by atoms with Crippen LogP contribution in [0.3, 0.4) is 0 Å². The summed E-state index contributed by atoms with van der Waals surface area (Å²) in [6.07, 6.45) is 2.33. The van der Waals surface area contributed by atoms with Crippen LogP contribution in [0.1, 0.15) is 24.2 Å². The van der Waals surface area contributed by atoms with Crippen LogP contribution < -0.4 is 10.6 Å². The van der Waals surface area contributed by atoms with Crippen molar-refractivity contribution in [3.63, 3.8) is 0 Å². The van der Waals surface area contributed by atoms with Crippen molar-refractivity contribution in [3.8, 4) is 0 Å². The molecule has 0 radical (unpaired) electrons. The van der Waals surface area contributed by atoms with Crippen LogP contribution in [0, 0.1) is 0 Å². The molecule has 31 heavy (non-hydrogen) atoms. The van der Waals surface area contributed by atoms with Crippen molar-refractivity contribution >= 4 is 17.8 Å². The van der Waals surface area contributed by atoms with Gasteiger partial charge >= 0.3 is 6.03 Å². The summed E-state index contributed by atoms with van der Waals surface area (Å²) in [7, 11) is 0. The first-order chi connectivity index (χ1) is 15.1. The van der Waals surface area contributed by atoms with Crippen molar-refractivity contribution < 1.29 is 14.4 Å². The third-order valence-electron chi connectivity index (χ3n) is 5.51. The Morgan fingerprint density at radius 3 is 2.65 bits per heavy atom. The molecule has 8 heteroatoms. The Bertz CT molecular complexity index is 1010. The fourth-order valence-corrected chi connectivity index (χ4v) is 4.01. The zero-order valence-electron chi connectivity index (χ0n) is 17.4. The summed E-state index contributed by atoms with van der Waals surface area (Å²) in [6, 6.07) is 14.3. The van der Waals surface area contributed by atoms with E-state index in [9.17, 15) is 14.4 Å². The molecule has 1 aromatic heterocycles. The van der Waals surface area contributed by atoms with E-state index in [4.69, 9.17) is 0 Å². The summed E-state index contributed by atoms with van der Waals surface area (Å²) >= 11 is 0. The molecule has 3 heterocycles. The lowest BCUT2D eigenvalue weighted by Gasteiger charge is -2.32. The zero-order chi connectivity index (χ0) is 21.8. The van der Waals surface area contributed by atoms with E-state index >= 15 is 0 Å². The maximum absolute atomic E-state index is 13.2. The van der Waals surface area contributed by atoms with Crippen LogP contribution in [-0.2, 0) is 16.0 Å². The molecular weight excluding hydrogens is 394 g/mol. The molecule has 1 aromatic carbocycles. The van der Waals surface area contributed by atoms with Crippen molar-refractivity contribution in [2.45, 2.75) is 19.4 Å². The first kappa shape index (κ1) is 20.6. The number of hydrogen-bond donors (Lipinski definition) is 2. The monoisotopic (exact) mass is 419 g/mol. The number of urea groups is 1. The van der Waals surface area contributed by atoms with E-state index in [1.54, 1.807) is 11.1 Å². The van der Waals surface area contributed by atoms with Gasteiger partial charge in [-0.1, -0.05) is 36.4 Å². The Labute approximate surface area is 180 Å². The number of likely N-dealkylation sites (N-methyl/N-ethyl adjacent to an activating group) is 1. The van der Waals surface area contributed by atoms with E-state index in [1.165, 1.54) is 4.90 Å². The topological polar surface area (TPSA) is 94.6 Å². The van der Waals surface area contributed by atoms with Gasteiger partial charge in [-0.05, 0) is 24.6 Å². The highest BCUT2D eigenvalue weighted by Crippen LogP contribution is 2.35. The second kappa shape index (κ2) is 8.99. The van der Waals surface area contributed by atoms with Gasteiger partial charge in [0.2, 0.25) is 5.91 Å². The molecule has 160 valence electrons. The molecule has 0 saturated heterocycles. The van der Waals surface area contributed by atoms with Gasteiger partial charge in [0.05, 0.1) is 23.9 Å². The molecule has 2 aromatic rings. The van der Waals surface area contributed by atoms with Gasteiger partial charge in [0.25, 0.3) is 5.91 Å². The normalized spacial score (nSPS) is 18.2. The van der Waals surface area contributed by atoms with Crippen LogP contribution in [0.2, 0.25) is 0 Å². The number of pyridine rings is 1. The zero-order valence-corrected chi connectivity index (χ0v) is 17.4. The number of nitrogens with one attached hydrogen (secondary N) is 2. The van der Waals surface area contributed by atoms with E-state index in [1.807, 2.05) is 55.5 Å². The second-order valence-corrected chi connectivity index (χ2v) is 7.48. The standard InChI is InChI=1S/C23H25N5O3/c1-2-28-18-14-27(15-19(29)25-13-11-17-10-6-7-12-24-17)22(30)20(18)21(26-23(28)31)16-8-4-3-5-9-16/h3-10,12,21H,2,11,13-15H2,1H3,(H,25,29)(H,26,31). The molecule has 4 rings (SSSR count). The van der Waals surface area contributed by atoms with E-state index in [-0.39, 0.29) is 30.9 Å². The van der Waals surface area contributed by atoms with Crippen molar-refractivity contribution in [3.05, 3.63) is 77.3 Å². The van der Waals surface area contributed by atoms with Gasteiger partial charge in [-0.2, -0.15) is 0 Å². The van der Waals surface area contributed by atoms with E-state index in [2.05, 4.69) is 15.6 Å². The van der Waals surface area contributed by atoms with Gasteiger partial charge in [0.15, 0.2) is 0 Å². The van der Waals surface area contributed by atoms with E-state index in [0.717, 1.165) is 11.3 Å². The first-order valence-electron chi connectivity index (χ1n) is 10.4.